The average Bonchev–Trinajstić information content (AvgIpc) is 2.93. The van der Waals surface area contributed by atoms with E-state index in [1.807, 2.05) is 0 Å². The molecule has 1 heterocycles. The molecule has 21 heavy (non-hydrogen) atoms. The third kappa shape index (κ3) is 5.43. The van der Waals surface area contributed by atoms with Crippen molar-refractivity contribution in [1.29, 1.82) is 0 Å². The predicted molar refractivity (Wildman–Crippen MR) is 78.3 cm³/mol. The number of carboxylic acids is 1. The second-order valence-electron chi connectivity index (χ2n) is 5.17. The Morgan fingerprint density at radius 3 is 2.67 bits per heavy atom. The van der Waals surface area contributed by atoms with E-state index in [9.17, 15) is 9.59 Å². The monoisotopic (exact) mass is 292 g/mol. The summed E-state index contributed by atoms with van der Waals surface area (Å²) >= 11 is 0. The summed E-state index contributed by atoms with van der Waals surface area (Å²) in [6, 6.07) is 6.53. The van der Waals surface area contributed by atoms with E-state index in [2.05, 4.69) is 10.6 Å². The molecule has 0 aromatic heterocycles. The molecule has 0 saturated carbocycles. The van der Waals surface area contributed by atoms with Crippen LogP contribution < -0.4 is 10.6 Å². The van der Waals surface area contributed by atoms with Gasteiger partial charge in [-0.1, -0.05) is 12.1 Å². The van der Waals surface area contributed by atoms with Crippen LogP contribution in [0.4, 0.5) is 10.5 Å². The van der Waals surface area contributed by atoms with Crippen molar-refractivity contribution in [2.45, 2.75) is 19.3 Å². The fraction of sp³-hybridized carbons (Fsp3) is 0.467. The van der Waals surface area contributed by atoms with Crippen molar-refractivity contribution in [2.24, 2.45) is 5.92 Å². The minimum absolute atomic E-state index is 0.0179. The van der Waals surface area contributed by atoms with Gasteiger partial charge in [0, 0.05) is 25.4 Å². The third-order valence-electron chi connectivity index (χ3n) is 3.43. The molecule has 6 heteroatoms. The summed E-state index contributed by atoms with van der Waals surface area (Å²) in [5, 5.41) is 14.2. The number of hydrogen-bond donors (Lipinski definition) is 3. The second kappa shape index (κ2) is 7.64. The molecule has 3 N–H and O–H groups in total. The molecule has 1 fully saturated rings. The van der Waals surface area contributed by atoms with E-state index in [1.165, 1.54) is 0 Å². The summed E-state index contributed by atoms with van der Waals surface area (Å²) in [6.07, 6.45) is 1.97. The Kier molecular flexibility index (Phi) is 5.57. The van der Waals surface area contributed by atoms with Crippen molar-refractivity contribution in [3.05, 3.63) is 29.8 Å². The molecule has 1 aromatic carbocycles. The lowest BCUT2D eigenvalue weighted by Crippen LogP contribution is -2.30. The van der Waals surface area contributed by atoms with Crippen LogP contribution in [-0.4, -0.2) is 36.9 Å². The summed E-state index contributed by atoms with van der Waals surface area (Å²) in [7, 11) is 0. The highest BCUT2D eigenvalue weighted by molar-refractivity contribution is 5.89. The standard InChI is InChI=1S/C15H20N2O4/c18-14(19)9-11-1-3-13(4-2-11)17-15(20)16-7-5-12-6-8-21-10-12/h1-4,12H,5-10H2,(H,18,19)(H2,16,17,20). The number of aliphatic carboxylic acids is 1. The first-order chi connectivity index (χ1) is 10.1. The molecule has 2 rings (SSSR count). The van der Waals surface area contributed by atoms with Crippen molar-refractivity contribution >= 4 is 17.7 Å². The number of amides is 2. The van der Waals surface area contributed by atoms with E-state index in [4.69, 9.17) is 9.84 Å². The molecular formula is C15H20N2O4. The number of carboxylic acid groups (broad SMARTS) is 1. The van der Waals surface area contributed by atoms with Crippen LogP contribution in [-0.2, 0) is 16.0 Å². The van der Waals surface area contributed by atoms with Gasteiger partial charge in [-0.3, -0.25) is 4.79 Å². The van der Waals surface area contributed by atoms with Crippen LogP contribution in [0.15, 0.2) is 24.3 Å². The maximum atomic E-state index is 11.7. The fourth-order valence-corrected chi connectivity index (χ4v) is 2.26. The lowest BCUT2D eigenvalue weighted by molar-refractivity contribution is -0.136. The summed E-state index contributed by atoms with van der Waals surface area (Å²) in [5.41, 5.74) is 1.35. The van der Waals surface area contributed by atoms with Crippen molar-refractivity contribution in [2.75, 3.05) is 25.1 Å². The van der Waals surface area contributed by atoms with E-state index in [-0.39, 0.29) is 12.5 Å². The van der Waals surface area contributed by atoms with Crippen LogP contribution in [0.2, 0.25) is 0 Å². The van der Waals surface area contributed by atoms with Gasteiger partial charge < -0.3 is 20.5 Å². The maximum Gasteiger partial charge on any atom is 0.319 e. The zero-order chi connectivity index (χ0) is 15.1. The van der Waals surface area contributed by atoms with Crippen molar-refractivity contribution < 1.29 is 19.4 Å². The van der Waals surface area contributed by atoms with E-state index in [0.717, 1.165) is 26.1 Å². The molecule has 0 aliphatic carbocycles. The van der Waals surface area contributed by atoms with Gasteiger partial charge in [0.1, 0.15) is 0 Å². The van der Waals surface area contributed by atoms with Gasteiger partial charge in [-0.15, -0.1) is 0 Å². The van der Waals surface area contributed by atoms with Crippen LogP contribution >= 0.6 is 0 Å². The largest absolute Gasteiger partial charge is 0.481 e. The van der Waals surface area contributed by atoms with Gasteiger partial charge in [-0.25, -0.2) is 4.79 Å². The lowest BCUT2D eigenvalue weighted by Gasteiger charge is -2.10. The Morgan fingerprint density at radius 1 is 1.29 bits per heavy atom. The summed E-state index contributed by atoms with van der Waals surface area (Å²) in [5.74, 6) is -0.329. The maximum absolute atomic E-state index is 11.7. The molecule has 1 aromatic rings. The summed E-state index contributed by atoms with van der Waals surface area (Å²) < 4.78 is 5.28. The summed E-state index contributed by atoms with van der Waals surface area (Å²) in [4.78, 5) is 22.3. The molecule has 1 aliphatic heterocycles. The van der Waals surface area contributed by atoms with Gasteiger partial charge in [0.2, 0.25) is 0 Å². The van der Waals surface area contributed by atoms with Crippen LogP contribution in [0, 0.1) is 5.92 Å². The molecular weight excluding hydrogens is 272 g/mol. The Balaban J connectivity index is 1.70. The minimum atomic E-state index is -0.871. The van der Waals surface area contributed by atoms with E-state index < -0.39 is 5.97 Å². The van der Waals surface area contributed by atoms with Crippen molar-refractivity contribution in [1.82, 2.24) is 5.32 Å². The number of urea groups is 1. The fourth-order valence-electron chi connectivity index (χ4n) is 2.26. The Labute approximate surface area is 123 Å². The normalized spacial score (nSPS) is 17.4. The van der Waals surface area contributed by atoms with Gasteiger partial charge in [-0.2, -0.15) is 0 Å². The highest BCUT2D eigenvalue weighted by Gasteiger charge is 2.15. The zero-order valence-electron chi connectivity index (χ0n) is 11.8. The van der Waals surface area contributed by atoms with Crippen LogP contribution in [0.1, 0.15) is 18.4 Å². The number of ether oxygens (including phenoxy) is 1. The molecule has 0 radical (unpaired) electrons. The number of hydrogen-bond acceptors (Lipinski definition) is 3. The highest BCUT2D eigenvalue weighted by atomic mass is 16.5. The molecule has 1 aliphatic rings. The van der Waals surface area contributed by atoms with Gasteiger partial charge >= 0.3 is 12.0 Å². The smallest absolute Gasteiger partial charge is 0.319 e. The number of carbonyl (C=O) groups is 2. The lowest BCUT2D eigenvalue weighted by atomic mass is 10.1. The highest BCUT2D eigenvalue weighted by Crippen LogP contribution is 2.15. The quantitative estimate of drug-likeness (QED) is 0.747. The van der Waals surface area contributed by atoms with Gasteiger partial charge in [-0.05, 0) is 36.5 Å². The minimum Gasteiger partial charge on any atom is -0.481 e. The number of carbonyl (C=O) groups excluding carboxylic acids is 1. The molecule has 1 saturated heterocycles. The first-order valence-corrected chi connectivity index (χ1v) is 7.07. The van der Waals surface area contributed by atoms with Crippen LogP contribution in [0.25, 0.3) is 0 Å². The second-order valence-corrected chi connectivity index (χ2v) is 5.17. The van der Waals surface area contributed by atoms with Gasteiger partial charge in [0.15, 0.2) is 0 Å². The SMILES string of the molecule is O=C(O)Cc1ccc(NC(=O)NCCC2CCOC2)cc1. The first-order valence-electron chi connectivity index (χ1n) is 7.07. The Morgan fingerprint density at radius 2 is 2.05 bits per heavy atom. The Bertz CT molecular complexity index is 481. The van der Waals surface area contributed by atoms with Crippen LogP contribution in [0.5, 0.6) is 0 Å². The van der Waals surface area contributed by atoms with E-state index in [0.29, 0.717) is 23.7 Å². The first kappa shape index (κ1) is 15.3. The number of benzene rings is 1. The summed E-state index contributed by atoms with van der Waals surface area (Å²) in [6.45, 7) is 2.23. The number of nitrogens with one attached hydrogen (secondary N) is 2. The molecule has 1 atom stereocenters. The van der Waals surface area contributed by atoms with Gasteiger partial charge in [0.25, 0.3) is 0 Å². The molecule has 114 valence electrons. The van der Waals surface area contributed by atoms with Gasteiger partial charge in [0.05, 0.1) is 6.42 Å². The Hall–Kier alpha value is -2.08. The number of rotatable bonds is 6. The van der Waals surface area contributed by atoms with Crippen molar-refractivity contribution in [3.63, 3.8) is 0 Å². The third-order valence-corrected chi connectivity index (χ3v) is 3.43. The van der Waals surface area contributed by atoms with E-state index in [1.54, 1.807) is 24.3 Å². The molecule has 1 unspecified atom stereocenters. The topological polar surface area (TPSA) is 87.7 Å². The van der Waals surface area contributed by atoms with E-state index >= 15 is 0 Å². The molecule has 2 amide bonds. The molecule has 0 bridgehead atoms. The van der Waals surface area contributed by atoms with Crippen LogP contribution in [0.3, 0.4) is 0 Å². The van der Waals surface area contributed by atoms with Crippen molar-refractivity contribution in [3.8, 4) is 0 Å². The number of anilines is 1. The predicted octanol–water partition coefficient (Wildman–Crippen LogP) is 1.86. The average molecular weight is 292 g/mol. The molecule has 0 spiro atoms. The molecule has 6 nitrogen and oxygen atoms in total. The zero-order valence-corrected chi connectivity index (χ0v) is 11.8.